The Bertz CT molecular complexity index is 808. The number of nitrogens with zero attached hydrogens (tertiary/aromatic N) is 2. The largest absolute Gasteiger partial charge is 0.336 e. The molecule has 1 aromatic carbocycles. The van der Waals surface area contributed by atoms with Gasteiger partial charge in [-0.25, -0.2) is 0 Å². The van der Waals surface area contributed by atoms with Gasteiger partial charge in [0.15, 0.2) is 6.04 Å². The van der Waals surface area contributed by atoms with E-state index in [0.717, 1.165) is 0 Å². The fourth-order valence-corrected chi connectivity index (χ4v) is 3.89. The second-order valence-corrected chi connectivity index (χ2v) is 8.20. The van der Waals surface area contributed by atoms with Gasteiger partial charge in [0.25, 0.3) is 11.8 Å². The maximum absolute atomic E-state index is 13.2. The summed E-state index contributed by atoms with van der Waals surface area (Å²) in [5.74, 6) is -2.66. The van der Waals surface area contributed by atoms with Crippen LogP contribution < -0.4 is 15.1 Å². The van der Waals surface area contributed by atoms with Gasteiger partial charge in [0.2, 0.25) is 5.91 Å². The number of ketones is 1. The summed E-state index contributed by atoms with van der Waals surface area (Å²) >= 11 is 0. The van der Waals surface area contributed by atoms with E-state index < -0.39 is 35.6 Å². The monoisotopic (exact) mass is 413 g/mol. The van der Waals surface area contributed by atoms with Gasteiger partial charge in [-0.15, -0.1) is 6.58 Å². The maximum Gasteiger partial charge on any atom is 0.259 e. The summed E-state index contributed by atoms with van der Waals surface area (Å²) in [7, 11) is 3.16. The van der Waals surface area contributed by atoms with Crippen LogP contribution in [0.3, 0.4) is 0 Å². The number of Topliss-reactive ketones (excluding diaryl/α,β-unsaturated/α-hetero) is 1. The second kappa shape index (κ2) is 9.69. The first-order chi connectivity index (χ1) is 14.1. The lowest BCUT2D eigenvalue weighted by molar-refractivity contribution is -0.138. The number of hydrogen-bond donors (Lipinski definition) is 1. The fraction of sp³-hybridized carbons (Fsp3) is 0.478. The van der Waals surface area contributed by atoms with E-state index in [-0.39, 0.29) is 11.7 Å². The first-order valence-electron chi connectivity index (χ1n) is 10.2. The minimum absolute atomic E-state index is 0.115. The number of benzene rings is 1. The first kappa shape index (κ1) is 23.3. The number of anilines is 2. The number of carbonyl (C=O) groups excluding carboxylic acids is 4. The summed E-state index contributed by atoms with van der Waals surface area (Å²) in [5, 5.41) is 2.65. The number of allylic oxidation sites excluding steroid dienone is 1. The van der Waals surface area contributed by atoms with Gasteiger partial charge in [-0.05, 0) is 37.8 Å². The molecule has 3 amide bonds. The van der Waals surface area contributed by atoms with Gasteiger partial charge in [0.05, 0.1) is 11.4 Å². The van der Waals surface area contributed by atoms with Crippen LogP contribution in [0.25, 0.3) is 0 Å². The first-order valence-corrected chi connectivity index (χ1v) is 10.2. The van der Waals surface area contributed by atoms with E-state index in [9.17, 15) is 19.2 Å². The lowest BCUT2D eigenvalue weighted by Gasteiger charge is -2.28. The van der Waals surface area contributed by atoms with Crippen LogP contribution in [-0.4, -0.2) is 43.6 Å². The molecule has 0 saturated carbocycles. The Balaban J connectivity index is 2.36. The summed E-state index contributed by atoms with van der Waals surface area (Å²) in [6.07, 6.45) is 2.44. The summed E-state index contributed by atoms with van der Waals surface area (Å²) in [6.45, 7) is 9.07. The minimum atomic E-state index is -1.36. The van der Waals surface area contributed by atoms with E-state index >= 15 is 0 Å². The smallest absolute Gasteiger partial charge is 0.259 e. The van der Waals surface area contributed by atoms with Gasteiger partial charge in [-0.2, -0.15) is 0 Å². The van der Waals surface area contributed by atoms with Crippen molar-refractivity contribution in [1.29, 1.82) is 0 Å². The quantitative estimate of drug-likeness (QED) is 0.524. The van der Waals surface area contributed by atoms with Crippen molar-refractivity contribution in [2.45, 2.75) is 39.7 Å². The van der Waals surface area contributed by atoms with Crippen molar-refractivity contribution in [2.75, 3.05) is 23.9 Å². The molecule has 0 fully saturated rings. The molecule has 0 unspecified atom stereocenters. The van der Waals surface area contributed by atoms with Crippen LogP contribution in [0.15, 0.2) is 36.9 Å². The Kier molecular flexibility index (Phi) is 7.54. The number of fused-ring (bicyclic) bond motifs is 1. The highest BCUT2D eigenvalue weighted by atomic mass is 16.2. The molecule has 0 bridgehead atoms. The summed E-state index contributed by atoms with van der Waals surface area (Å²) in [6, 6.07) is 5.71. The zero-order valence-corrected chi connectivity index (χ0v) is 18.3. The predicted octanol–water partition coefficient (Wildman–Crippen LogP) is 2.55. The van der Waals surface area contributed by atoms with Gasteiger partial charge in [0.1, 0.15) is 5.78 Å². The molecule has 1 aliphatic rings. The molecule has 0 saturated heterocycles. The number of carbonyl (C=O) groups is 4. The van der Waals surface area contributed by atoms with Crippen LogP contribution in [0.2, 0.25) is 0 Å². The molecule has 0 radical (unpaired) electrons. The molecule has 162 valence electrons. The normalized spacial score (nSPS) is 16.7. The molecule has 1 heterocycles. The number of likely N-dealkylation sites (N-methyl/N-ethyl adjacent to an activating group) is 2. The SMILES string of the molecule is C=CC[C@H](C(C)=O)[C@@H](CC(C)C)C(=O)NC1C(=O)N(C)c2ccccc2N(C)C1=O. The van der Waals surface area contributed by atoms with E-state index in [4.69, 9.17) is 0 Å². The van der Waals surface area contributed by atoms with E-state index in [0.29, 0.717) is 24.2 Å². The third-order valence-corrected chi connectivity index (χ3v) is 5.54. The van der Waals surface area contributed by atoms with Gasteiger partial charge in [-0.1, -0.05) is 32.1 Å². The molecule has 0 aromatic heterocycles. The number of para-hydroxylation sites is 2. The summed E-state index contributed by atoms with van der Waals surface area (Å²) in [4.78, 5) is 54.3. The van der Waals surface area contributed by atoms with Gasteiger partial charge in [-0.3, -0.25) is 19.2 Å². The second-order valence-electron chi connectivity index (χ2n) is 8.20. The van der Waals surface area contributed by atoms with E-state index in [1.807, 2.05) is 13.8 Å². The van der Waals surface area contributed by atoms with Crippen molar-refractivity contribution < 1.29 is 19.2 Å². The lowest BCUT2D eigenvalue weighted by Crippen LogP contribution is -2.56. The van der Waals surface area contributed by atoms with Crippen LogP contribution in [0.1, 0.15) is 33.6 Å². The fourth-order valence-electron chi connectivity index (χ4n) is 3.89. The molecule has 1 N–H and O–H groups in total. The molecule has 7 heteroatoms. The van der Waals surface area contributed by atoms with Crippen LogP contribution in [-0.2, 0) is 19.2 Å². The average molecular weight is 414 g/mol. The van der Waals surface area contributed by atoms with Gasteiger partial charge >= 0.3 is 0 Å². The zero-order chi connectivity index (χ0) is 22.6. The molecular formula is C23H31N3O4. The van der Waals surface area contributed by atoms with Crippen molar-refractivity contribution in [1.82, 2.24) is 5.32 Å². The van der Waals surface area contributed by atoms with Crippen LogP contribution >= 0.6 is 0 Å². The number of amides is 3. The van der Waals surface area contributed by atoms with Crippen molar-refractivity contribution in [3.63, 3.8) is 0 Å². The highest BCUT2D eigenvalue weighted by Gasteiger charge is 2.41. The van der Waals surface area contributed by atoms with Crippen LogP contribution in [0, 0.1) is 17.8 Å². The highest BCUT2D eigenvalue weighted by Crippen LogP contribution is 2.32. The summed E-state index contributed by atoms with van der Waals surface area (Å²) in [5.41, 5.74) is 1.17. The predicted molar refractivity (Wildman–Crippen MR) is 117 cm³/mol. The average Bonchev–Trinajstić information content (AvgIpc) is 2.76. The molecule has 2 rings (SSSR count). The van der Waals surface area contributed by atoms with Gasteiger partial charge < -0.3 is 15.1 Å². The topological polar surface area (TPSA) is 86.8 Å². The molecule has 0 aliphatic carbocycles. The Hall–Kier alpha value is -2.96. The van der Waals surface area contributed by atoms with Crippen LogP contribution in [0.5, 0.6) is 0 Å². The van der Waals surface area contributed by atoms with E-state index in [2.05, 4.69) is 11.9 Å². The third-order valence-electron chi connectivity index (χ3n) is 5.54. The molecule has 1 aliphatic heterocycles. The molecule has 1 aromatic rings. The van der Waals surface area contributed by atoms with Crippen LogP contribution in [0.4, 0.5) is 11.4 Å². The molecule has 2 atom stereocenters. The number of rotatable bonds is 8. The highest BCUT2D eigenvalue weighted by molar-refractivity contribution is 6.21. The van der Waals surface area contributed by atoms with Crippen molar-refractivity contribution in [2.24, 2.45) is 17.8 Å². The number of nitrogens with one attached hydrogen (secondary N) is 1. The van der Waals surface area contributed by atoms with Gasteiger partial charge in [0, 0.05) is 25.9 Å². The lowest BCUT2D eigenvalue weighted by atomic mass is 9.80. The number of hydrogen-bond acceptors (Lipinski definition) is 4. The molecule has 30 heavy (non-hydrogen) atoms. The Morgan fingerprint density at radius 2 is 1.57 bits per heavy atom. The van der Waals surface area contributed by atoms with E-state index in [1.54, 1.807) is 44.4 Å². The molecule has 0 spiro atoms. The van der Waals surface area contributed by atoms with Crippen molar-refractivity contribution in [3.05, 3.63) is 36.9 Å². The van der Waals surface area contributed by atoms with Crippen molar-refractivity contribution in [3.8, 4) is 0 Å². The van der Waals surface area contributed by atoms with Crippen molar-refractivity contribution >= 4 is 34.9 Å². The zero-order valence-electron chi connectivity index (χ0n) is 18.3. The Morgan fingerprint density at radius 1 is 1.07 bits per heavy atom. The molecule has 7 nitrogen and oxygen atoms in total. The summed E-state index contributed by atoms with van der Waals surface area (Å²) < 4.78 is 0. The third kappa shape index (κ3) is 4.78. The minimum Gasteiger partial charge on any atom is -0.336 e. The Labute approximate surface area is 178 Å². The standard InChI is InChI=1S/C23H31N3O4/c1-7-10-16(15(4)27)17(13-14(2)3)21(28)24-20-22(29)25(5)18-11-8-9-12-19(18)26(6)23(20)30/h7-9,11-12,14,16-17,20H,1,10,13H2,2-6H3,(H,24,28)/t16-,17-/m1/s1. The Morgan fingerprint density at radius 3 is 1.97 bits per heavy atom. The van der Waals surface area contributed by atoms with E-state index in [1.165, 1.54) is 16.7 Å². The maximum atomic E-state index is 13.2. The molecular weight excluding hydrogens is 382 g/mol.